The van der Waals surface area contributed by atoms with Gasteiger partial charge in [0.2, 0.25) is 0 Å². The summed E-state index contributed by atoms with van der Waals surface area (Å²) in [4.78, 5) is 0. The topological polar surface area (TPSA) is 12.0 Å². The number of halogens is 4. The summed E-state index contributed by atoms with van der Waals surface area (Å²) in [6, 6.07) is 3.01. The van der Waals surface area contributed by atoms with Crippen molar-refractivity contribution >= 4 is 6.08 Å². The Kier molecular flexibility index (Phi) is 5.96. The highest BCUT2D eigenvalue weighted by Crippen LogP contribution is 2.34. The molecule has 1 aromatic rings. The number of benzene rings is 1. The van der Waals surface area contributed by atoms with Crippen LogP contribution in [0.1, 0.15) is 38.8 Å². The predicted octanol–water partition coefficient (Wildman–Crippen LogP) is 4.88. The van der Waals surface area contributed by atoms with E-state index in [0.29, 0.717) is 12.6 Å². The molecule has 1 aromatic carbocycles. The lowest BCUT2D eigenvalue weighted by molar-refractivity contribution is -0.137. The van der Waals surface area contributed by atoms with Gasteiger partial charge in [0.15, 0.2) is 0 Å². The maximum atomic E-state index is 13.1. The summed E-state index contributed by atoms with van der Waals surface area (Å²) >= 11 is 0. The Bertz CT molecular complexity index is 501. The Morgan fingerprint density at radius 2 is 1.81 bits per heavy atom. The molecule has 5 heteroatoms. The van der Waals surface area contributed by atoms with E-state index >= 15 is 0 Å². The first-order valence-corrected chi connectivity index (χ1v) is 6.92. The molecule has 1 nitrogen and oxygen atoms in total. The van der Waals surface area contributed by atoms with E-state index in [1.807, 2.05) is 27.7 Å². The molecule has 0 aliphatic heterocycles. The summed E-state index contributed by atoms with van der Waals surface area (Å²) in [6.45, 7) is 8.28. The SMILES string of the molecule is CC(C)NC/C(=C/c1ccc(F)cc1C(F)(F)F)C(C)C. The number of rotatable bonds is 5. The number of hydrogen-bond acceptors (Lipinski definition) is 1. The van der Waals surface area contributed by atoms with Gasteiger partial charge in [-0.2, -0.15) is 13.2 Å². The van der Waals surface area contributed by atoms with Crippen LogP contribution in [0.25, 0.3) is 6.08 Å². The Balaban J connectivity index is 3.21. The molecule has 21 heavy (non-hydrogen) atoms. The minimum atomic E-state index is -4.57. The van der Waals surface area contributed by atoms with Gasteiger partial charge in [-0.3, -0.25) is 0 Å². The van der Waals surface area contributed by atoms with Gasteiger partial charge in [0, 0.05) is 12.6 Å². The lowest BCUT2D eigenvalue weighted by Gasteiger charge is -2.17. The summed E-state index contributed by atoms with van der Waals surface area (Å²) in [7, 11) is 0. The smallest absolute Gasteiger partial charge is 0.311 e. The zero-order valence-electron chi connectivity index (χ0n) is 12.7. The van der Waals surface area contributed by atoms with Crippen molar-refractivity contribution in [3.8, 4) is 0 Å². The van der Waals surface area contributed by atoms with Gasteiger partial charge in [-0.15, -0.1) is 0 Å². The third kappa shape index (κ3) is 5.50. The van der Waals surface area contributed by atoms with Crippen molar-refractivity contribution in [2.45, 2.75) is 39.9 Å². The normalized spacial score (nSPS) is 13.3. The summed E-state index contributed by atoms with van der Waals surface area (Å²) in [5, 5.41) is 3.19. The third-order valence-electron chi connectivity index (χ3n) is 3.12. The second-order valence-electron chi connectivity index (χ2n) is 5.64. The third-order valence-corrected chi connectivity index (χ3v) is 3.12. The lowest BCUT2D eigenvalue weighted by Crippen LogP contribution is -2.26. The Morgan fingerprint density at radius 1 is 1.19 bits per heavy atom. The van der Waals surface area contributed by atoms with Crippen LogP contribution >= 0.6 is 0 Å². The Morgan fingerprint density at radius 3 is 2.29 bits per heavy atom. The maximum Gasteiger partial charge on any atom is 0.417 e. The first kappa shape index (κ1) is 17.7. The molecule has 0 saturated heterocycles. The van der Waals surface area contributed by atoms with Crippen molar-refractivity contribution in [3.63, 3.8) is 0 Å². The van der Waals surface area contributed by atoms with Crippen molar-refractivity contribution in [1.82, 2.24) is 5.32 Å². The van der Waals surface area contributed by atoms with E-state index in [1.54, 1.807) is 0 Å². The predicted molar refractivity (Wildman–Crippen MR) is 77.4 cm³/mol. The molecule has 0 aliphatic carbocycles. The van der Waals surface area contributed by atoms with Crippen molar-refractivity contribution in [1.29, 1.82) is 0 Å². The molecular weight excluding hydrogens is 282 g/mol. The fourth-order valence-electron chi connectivity index (χ4n) is 1.84. The molecule has 0 atom stereocenters. The molecule has 0 saturated carbocycles. The van der Waals surface area contributed by atoms with Crippen LogP contribution < -0.4 is 5.32 Å². The van der Waals surface area contributed by atoms with Crippen LogP contribution in [0.15, 0.2) is 23.8 Å². The van der Waals surface area contributed by atoms with Crippen LogP contribution in [0.4, 0.5) is 17.6 Å². The molecule has 118 valence electrons. The molecule has 0 aromatic heterocycles. The zero-order valence-corrected chi connectivity index (χ0v) is 12.7. The minimum Gasteiger partial charge on any atom is -0.311 e. The molecule has 1 rings (SSSR count). The fraction of sp³-hybridized carbons (Fsp3) is 0.500. The molecule has 0 unspecified atom stereocenters. The molecule has 0 aliphatic rings. The van der Waals surface area contributed by atoms with Gasteiger partial charge in [-0.25, -0.2) is 4.39 Å². The quantitative estimate of drug-likeness (QED) is 0.764. The average Bonchev–Trinajstić information content (AvgIpc) is 2.34. The minimum absolute atomic E-state index is 0.00171. The second-order valence-corrected chi connectivity index (χ2v) is 5.64. The average molecular weight is 303 g/mol. The molecular formula is C16H21F4N. The fourth-order valence-corrected chi connectivity index (χ4v) is 1.84. The lowest BCUT2D eigenvalue weighted by atomic mass is 9.97. The highest BCUT2D eigenvalue weighted by atomic mass is 19.4. The monoisotopic (exact) mass is 303 g/mol. The van der Waals surface area contributed by atoms with E-state index in [2.05, 4.69) is 5.32 Å². The van der Waals surface area contributed by atoms with Gasteiger partial charge in [-0.05, 0) is 23.6 Å². The molecule has 0 amide bonds. The van der Waals surface area contributed by atoms with E-state index in [4.69, 9.17) is 0 Å². The first-order chi connectivity index (χ1) is 9.61. The summed E-state index contributed by atoms with van der Waals surface area (Å²) < 4.78 is 52.0. The zero-order chi connectivity index (χ0) is 16.2. The number of hydrogen-bond donors (Lipinski definition) is 1. The van der Waals surface area contributed by atoms with Crippen LogP contribution in [0.5, 0.6) is 0 Å². The highest BCUT2D eigenvalue weighted by molar-refractivity contribution is 5.58. The summed E-state index contributed by atoms with van der Waals surface area (Å²) in [5.74, 6) is -0.784. The largest absolute Gasteiger partial charge is 0.417 e. The van der Waals surface area contributed by atoms with Crippen molar-refractivity contribution in [3.05, 3.63) is 40.7 Å². The van der Waals surface area contributed by atoms with Crippen molar-refractivity contribution in [2.24, 2.45) is 5.92 Å². The maximum absolute atomic E-state index is 13.1. The van der Waals surface area contributed by atoms with Crippen molar-refractivity contribution < 1.29 is 17.6 Å². The van der Waals surface area contributed by atoms with Crippen LogP contribution in [0.3, 0.4) is 0 Å². The molecule has 0 heterocycles. The Labute approximate surface area is 123 Å². The number of alkyl halides is 3. The molecule has 0 spiro atoms. The molecule has 1 N–H and O–H groups in total. The van der Waals surface area contributed by atoms with E-state index in [1.165, 1.54) is 12.1 Å². The number of nitrogens with one attached hydrogen (secondary N) is 1. The standard InChI is InChI=1S/C16H21F4N/c1-10(2)13(9-21-11(3)4)7-12-5-6-14(17)8-15(12)16(18,19)20/h5-8,10-11,21H,9H2,1-4H3/b13-7-. The molecule has 0 fully saturated rings. The van der Waals surface area contributed by atoms with E-state index in [-0.39, 0.29) is 17.5 Å². The highest BCUT2D eigenvalue weighted by Gasteiger charge is 2.33. The van der Waals surface area contributed by atoms with E-state index < -0.39 is 17.6 Å². The Hall–Kier alpha value is -1.36. The van der Waals surface area contributed by atoms with Gasteiger partial charge in [0.25, 0.3) is 0 Å². The molecule has 0 bridgehead atoms. The van der Waals surface area contributed by atoms with Crippen molar-refractivity contribution in [2.75, 3.05) is 6.54 Å². The van der Waals surface area contributed by atoms with E-state index in [9.17, 15) is 17.6 Å². The van der Waals surface area contributed by atoms with Gasteiger partial charge >= 0.3 is 6.18 Å². The second kappa shape index (κ2) is 7.07. The molecule has 0 radical (unpaired) electrons. The van der Waals surface area contributed by atoms with Crippen LogP contribution in [0.2, 0.25) is 0 Å². The summed E-state index contributed by atoms with van der Waals surface area (Å²) in [5.41, 5.74) is -0.0934. The van der Waals surface area contributed by atoms with Gasteiger partial charge < -0.3 is 5.32 Å². The van der Waals surface area contributed by atoms with Crippen LogP contribution in [0, 0.1) is 11.7 Å². The van der Waals surface area contributed by atoms with Gasteiger partial charge in [-0.1, -0.05) is 45.4 Å². The van der Waals surface area contributed by atoms with Crippen LogP contribution in [-0.2, 0) is 6.18 Å². The van der Waals surface area contributed by atoms with Crippen LogP contribution in [-0.4, -0.2) is 12.6 Å². The first-order valence-electron chi connectivity index (χ1n) is 6.92. The summed E-state index contributed by atoms with van der Waals surface area (Å²) in [6.07, 6.45) is -3.07. The van der Waals surface area contributed by atoms with Gasteiger partial charge in [0.05, 0.1) is 5.56 Å². The van der Waals surface area contributed by atoms with Gasteiger partial charge in [0.1, 0.15) is 5.82 Å². The van der Waals surface area contributed by atoms with E-state index in [0.717, 1.165) is 11.6 Å².